The summed E-state index contributed by atoms with van der Waals surface area (Å²) in [7, 11) is 0. The zero-order chi connectivity index (χ0) is 20.0. The third-order valence-corrected chi connectivity index (χ3v) is 5.38. The minimum Gasteiger partial charge on any atom is -0.340 e. The molecule has 1 fully saturated rings. The van der Waals surface area contributed by atoms with Crippen molar-refractivity contribution in [3.63, 3.8) is 0 Å². The first-order chi connectivity index (χ1) is 13.3. The summed E-state index contributed by atoms with van der Waals surface area (Å²) < 4.78 is 28.4. The number of imide groups is 1. The standard InChI is InChI=1S/C18H12ClF2IN4O2/c19-10-5-13-14(6-12(10)21)24-16(23-13)7-26-17(27)15(25-18(26)28)4-8-3-9(22)1-2-11(8)20/h1-3,5-6,15H,4,7H2,(H,23,24)(H,25,28). The Morgan fingerprint density at radius 1 is 1.18 bits per heavy atom. The highest BCUT2D eigenvalue weighted by Gasteiger charge is 2.38. The Balaban J connectivity index is 1.53. The zero-order valence-corrected chi connectivity index (χ0v) is 17.0. The molecule has 2 aromatic carbocycles. The highest BCUT2D eigenvalue weighted by molar-refractivity contribution is 14.1. The average molecular weight is 517 g/mol. The molecule has 0 saturated carbocycles. The van der Waals surface area contributed by atoms with Crippen LogP contribution in [-0.2, 0) is 17.8 Å². The maximum absolute atomic E-state index is 14.0. The van der Waals surface area contributed by atoms with Gasteiger partial charge in [0, 0.05) is 16.1 Å². The van der Waals surface area contributed by atoms with Crippen LogP contribution in [0.3, 0.4) is 0 Å². The van der Waals surface area contributed by atoms with E-state index < -0.39 is 29.6 Å². The minimum atomic E-state index is -0.864. The van der Waals surface area contributed by atoms with Gasteiger partial charge in [-0.05, 0) is 52.4 Å². The number of nitrogens with zero attached hydrogens (tertiary/aromatic N) is 2. The molecule has 1 aliphatic heterocycles. The van der Waals surface area contributed by atoms with Crippen LogP contribution in [0.4, 0.5) is 13.6 Å². The molecule has 3 aromatic rings. The smallest absolute Gasteiger partial charge is 0.325 e. The number of fused-ring (bicyclic) bond motifs is 1. The Labute approximate surface area is 176 Å². The van der Waals surface area contributed by atoms with Gasteiger partial charge in [-0.1, -0.05) is 11.6 Å². The number of aromatic amines is 1. The summed E-state index contributed by atoms with van der Waals surface area (Å²) in [6.07, 6.45) is 0.0463. The molecule has 10 heteroatoms. The summed E-state index contributed by atoms with van der Waals surface area (Å²) in [5.41, 5.74) is 1.17. The van der Waals surface area contributed by atoms with Crippen molar-refractivity contribution in [3.05, 3.63) is 61.9 Å². The number of H-pyrrole nitrogens is 1. The van der Waals surface area contributed by atoms with Crippen LogP contribution in [0.2, 0.25) is 5.02 Å². The predicted octanol–water partition coefficient (Wildman–Crippen LogP) is 3.76. The lowest BCUT2D eigenvalue weighted by molar-refractivity contribution is -0.127. The number of rotatable bonds is 4. The van der Waals surface area contributed by atoms with Gasteiger partial charge >= 0.3 is 6.03 Å². The fraction of sp³-hybridized carbons (Fsp3) is 0.167. The van der Waals surface area contributed by atoms with E-state index in [0.717, 1.165) is 8.47 Å². The number of hydrogen-bond donors (Lipinski definition) is 2. The molecule has 3 amide bonds. The molecule has 4 rings (SSSR count). The summed E-state index contributed by atoms with van der Waals surface area (Å²) in [5.74, 6) is -1.20. The third kappa shape index (κ3) is 3.55. The summed E-state index contributed by atoms with van der Waals surface area (Å²) >= 11 is 7.80. The number of nitrogens with one attached hydrogen (secondary N) is 2. The molecule has 0 spiro atoms. The summed E-state index contributed by atoms with van der Waals surface area (Å²) in [4.78, 5) is 33.0. The molecule has 1 atom stereocenters. The van der Waals surface area contributed by atoms with Crippen LogP contribution in [0.1, 0.15) is 11.4 Å². The molecule has 2 N–H and O–H groups in total. The maximum Gasteiger partial charge on any atom is 0.325 e. The zero-order valence-electron chi connectivity index (χ0n) is 14.1. The van der Waals surface area contributed by atoms with Crippen molar-refractivity contribution >= 4 is 57.2 Å². The van der Waals surface area contributed by atoms with Crippen molar-refractivity contribution in [2.24, 2.45) is 0 Å². The lowest BCUT2D eigenvalue weighted by Crippen LogP contribution is -2.32. The summed E-state index contributed by atoms with van der Waals surface area (Å²) in [5, 5.41) is 2.50. The van der Waals surface area contributed by atoms with Crippen LogP contribution in [0.5, 0.6) is 0 Å². The van der Waals surface area contributed by atoms with Gasteiger partial charge in [0.05, 0.1) is 22.6 Å². The highest BCUT2D eigenvalue weighted by Crippen LogP contribution is 2.23. The number of aromatic nitrogens is 2. The van der Waals surface area contributed by atoms with Gasteiger partial charge in [-0.3, -0.25) is 9.69 Å². The van der Waals surface area contributed by atoms with Gasteiger partial charge in [0.25, 0.3) is 5.91 Å². The van der Waals surface area contributed by atoms with E-state index in [2.05, 4.69) is 37.9 Å². The number of amides is 3. The Kier molecular flexibility index (Phi) is 4.96. The van der Waals surface area contributed by atoms with Gasteiger partial charge < -0.3 is 10.3 Å². The van der Waals surface area contributed by atoms with Crippen molar-refractivity contribution in [2.45, 2.75) is 19.0 Å². The van der Waals surface area contributed by atoms with E-state index >= 15 is 0 Å². The second kappa shape index (κ2) is 7.28. The lowest BCUT2D eigenvalue weighted by Gasteiger charge is -2.12. The largest absolute Gasteiger partial charge is 0.340 e. The SMILES string of the molecule is O=C1NC(Cc2cc(I)ccc2F)C(=O)N1Cc1nc2cc(Cl)c(F)cc2[nH]1. The van der Waals surface area contributed by atoms with Crippen LogP contribution in [0, 0.1) is 15.2 Å². The van der Waals surface area contributed by atoms with E-state index in [-0.39, 0.29) is 18.0 Å². The van der Waals surface area contributed by atoms with Crippen molar-refractivity contribution in [1.29, 1.82) is 0 Å². The Morgan fingerprint density at radius 3 is 2.75 bits per heavy atom. The number of benzene rings is 2. The van der Waals surface area contributed by atoms with Crippen molar-refractivity contribution < 1.29 is 18.4 Å². The number of carbonyl (C=O) groups excluding carboxylic acids is 2. The maximum atomic E-state index is 14.0. The molecule has 1 aliphatic rings. The second-order valence-electron chi connectivity index (χ2n) is 6.33. The Hall–Kier alpha value is -2.27. The Morgan fingerprint density at radius 2 is 1.96 bits per heavy atom. The Bertz CT molecular complexity index is 1080. The molecule has 2 heterocycles. The molecule has 0 bridgehead atoms. The van der Waals surface area contributed by atoms with Crippen molar-refractivity contribution in [2.75, 3.05) is 0 Å². The molecular formula is C18H12ClF2IN4O2. The fourth-order valence-electron chi connectivity index (χ4n) is 3.07. The van der Waals surface area contributed by atoms with Crippen LogP contribution < -0.4 is 5.32 Å². The van der Waals surface area contributed by atoms with Gasteiger partial charge in [-0.25, -0.2) is 18.6 Å². The van der Waals surface area contributed by atoms with Gasteiger partial charge in [-0.2, -0.15) is 0 Å². The molecular weight excluding hydrogens is 505 g/mol. The first-order valence-corrected chi connectivity index (χ1v) is 9.67. The molecule has 144 valence electrons. The van der Waals surface area contributed by atoms with Gasteiger partial charge in [0.2, 0.25) is 0 Å². The average Bonchev–Trinajstić information content (AvgIpc) is 3.14. The molecule has 1 saturated heterocycles. The van der Waals surface area contributed by atoms with Crippen LogP contribution in [-0.4, -0.2) is 32.8 Å². The number of urea groups is 1. The second-order valence-corrected chi connectivity index (χ2v) is 7.99. The normalized spacial score (nSPS) is 16.9. The first-order valence-electron chi connectivity index (χ1n) is 8.21. The summed E-state index contributed by atoms with van der Waals surface area (Å²) in [6, 6.07) is 5.69. The van der Waals surface area contributed by atoms with E-state index in [9.17, 15) is 18.4 Å². The molecule has 1 aromatic heterocycles. The van der Waals surface area contributed by atoms with Crippen molar-refractivity contribution in [3.8, 4) is 0 Å². The molecule has 28 heavy (non-hydrogen) atoms. The van der Waals surface area contributed by atoms with E-state index in [4.69, 9.17) is 11.6 Å². The fourth-order valence-corrected chi connectivity index (χ4v) is 3.78. The lowest BCUT2D eigenvalue weighted by atomic mass is 10.1. The van der Waals surface area contributed by atoms with E-state index in [0.29, 0.717) is 22.4 Å². The minimum absolute atomic E-state index is 0.0463. The number of carbonyl (C=O) groups is 2. The summed E-state index contributed by atoms with van der Waals surface area (Å²) in [6.45, 7) is -0.121. The number of imidazole rings is 1. The molecule has 1 unspecified atom stereocenters. The van der Waals surface area contributed by atoms with Gasteiger partial charge in [0.1, 0.15) is 23.5 Å². The number of hydrogen-bond acceptors (Lipinski definition) is 3. The van der Waals surface area contributed by atoms with E-state index in [1.807, 2.05) is 0 Å². The van der Waals surface area contributed by atoms with Crippen LogP contribution in [0.25, 0.3) is 11.0 Å². The number of halogens is 4. The third-order valence-electron chi connectivity index (χ3n) is 4.42. The van der Waals surface area contributed by atoms with Gasteiger partial charge in [-0.15, -0.1) is 0 Å². The van der Waals surface area contributed by atoms with Gasteiger partial charge in [0.15, 0.2) is 0 Å². The van der Waals surface area contributed by atoms with E-state index in [1.165, 1.54) is 18.2 Å². The molecule has 6 nitrogen and oxygen atoms in total. The quantitative estimate of drug-likeness (QED) is 0.410. The monoisotopic (exact) mass is 516 g/mol. The highest BCUT2D eigenvalue weighted by atomic mass is 127. The van der Waals surface area contributed by atoms with E-state index in [1.54, 1.807) is 12.1 Å². The predicted molar refractivity (Wildman–Crippen MR) is 107 cm³/mol. The van der Waals surface area contributed by atoms with Crippen LogP contribution >= 0.6 is 34.2 Å². The first kappa shape index (κ1) is 19.1. The van der Waals surface area contributed by atoms with Crippen LogP contribution in [0.15, 0.2) is 30.3 Å². The topological polar surface area (TPSA) is 78.1 Å². The molecule has 0 aliphatic carbocycles. The molecule has 0 radical (unpaired) electrons. The van der Waals surface area contributed by atoms with Crippen molar-refractivity contribution in [1.82, 2.24) is 20.2 Å².